The number of alkyl halides is 9. The fraction of sp³-hybridized carbons (Fsp3) is 0.500. The third kappa shape index (κ3) is 9.77. The van der Waals surface area contributed by atoms with Gasteiger partial charge in [0.25, 0.3) is 0 Å². The Hall–Kier alpha value is -4.10. The number of hydrogen-bond acceptors (Lipinski definition) is 9. The lowest BCUT2D eigenvalue weighted by Gasteiger charge is -2.31. The molecule has 2 aliphatic rings. The van der Waals surface area contributed by atoms with Crippen molar-refractivity contribution < 1.29 is 64.1 Å². The molecule has 0 aromatic carbocycles. The molecule has 2 aromatic heterocycles. The minimum Gasteiger partial charge on any atom is -0.481 e. The summed E-state index contributed by atoms with van der Waals surface area (Å²) in [6, 6.07) is 1.38. The van der Waals surface area contributed by atoms with Crippen LogP contribution in [0.5, 0.6) is 5.88 Å². The fourth-order valence-electron chi connectivity index (χ4n) is 3.64. The van der Waals surface area contributed by atoms with Gasteiger partial charge in [-0.2, -0.15) is 39.5 Å². The summed E-state index contributed by atoms with van der Waals surface area (Å²) in [6.07, 6.45) is -10.1. The molecule has 0 saturated carbocycles. The van der Waals surface area contributed by atoms with Crippen LogP contribution in [0.3, 0.4) is 0 Å². The fourth-order valence-corrected chi connectivity index (χ4v) is 3.64. The van der Waals surface area contributed by atoms with Crippen LogP contribution < -0.4 is 20.3 Å². The molecule has 234 valence electrons. The number of aliphatic carboxylic acids is 2. The van der Waals surface area contributed by atoms with Gasteiger partial charge in [0.15, 0.2) is 0 Å². The summed E-state index contributed by atoms with van der Waals surface area (Å²) < 4.78 is 108. The van der Waals surface area contributed by atoms with Crippen molar-refractivity contribution >= 4 is 23.4 Å². The Balaban J connectivity index is 0.000000367. The second-order valence-corrected chi connectivity index (χ2v) is 8.51. The summed E-state index contributed by atoms with van der Waals surface area (Å²) in [5.74, 6) is -5.19. The molecule has 4 rings (SSSR count). The summed E-state index contributed by atoms with van der Waals surface area (Å²) in [4.78, 5) is 32.3. The second-order valence-electron chi connectivity index (χ2n) is 8.51. The van der Waals surface area contributed by atoms with E-state index in [1.807, 2.05) is 4.90 Å². The minimum absolute atomic E-state index is 0.286. The maximum atomic E-state index is 13.3. The monoisotopic (exact) mass is 622 g/mol. The molecule has 2 aromatic rings. The molecule has 11 nitrogen and oxygen atoms in total. The highest BCUT2D eigenvalue weighted by atomic mass is 19.4. The van der Waals surface area contributed by atoms with Gasteiger partial charge < -0.3 is 30.5 Å². The van der Waals surface area contributed by atoms with Crippen LogP contribution in [0.4, 0.5) is 51.0 Å². The van der Waals surface area contributed by atoms with Crippen molar-refractivity contribution in [1.82, 2.24) is 20.3 Å². The van der Waals surface area contributed by atoms with Crippen molar-refractivity contribution in [2.45, 2.75) is 44.0 Å². The van der Waals surface area contributed by atoms with E-state index < -0.39 is 41.9 Å². The maximum Gasteiger partial charge on any atom is 0.490 e. The van der Waals surface area contributed by atoms with E-state index in [1.54, 1.807) is 0 Å². The summed E-state index contributed by atoms with van der Waals surface area (Å²) in [5, 5.41) is 21.0. The van der Waals surface area contributed by atoms with Gasteiger partial charge >= 0.3 is 30.5 Å². The summed E-state index contributed by atoms with van der Waals surface area (Å²) in [6.45, 7) is 2.79. The van der Waals surface area contributed by atoms with Gasteiger partial charge in [-0.05, 0) is 19.0 Å². The molecule has 1 saturated heterocycles. The average Bonchev–Trinajstić information content (AvgIpc) is 3.40. The molecule has 0 amide bonds. The zero-order valence-corrected chi connectivity index (χ0v) is 21.4. The Morgan fingerprint density at radius 1 is 1.02 bits per heavy atom. The van der Waals surface area contributed by atoms with Gasteiger partial charge in [0.2, 0.25) is 5.88 Å². The number of carbonyl (C=O) groups is 2. The van der Waals surface area contributed by atoms with Crippen LogP contribution in [-0.2, 0) is 28.7 Å². The predicted molar refractivity (Wildman–Crippen MR) is 125 cm³/mol. The number of methoxy groups -OCH3 is 1. The van der Waals surface area contributed by atoms with Crippen LogP contribution in [0.25, 0.3) is 0 Å². The van der Waals surface area contributed by atoms with Crippen LogP contribution in [0.2, 0.25) is 0 Å². The molecule has 42 heavy (non-hydrogen) atoms. The topological polar surface area (TPSA) is 150 Å². The molecule has 4 heterocycles. The summed E-state index contributed by atoms with van der Waals surface area (Å²) in [7, 11) is 1.18. The third-order valence-electron chi connectivity index (χ3n) is 5.59. The Morgan fingerprint density at radius 2 is 1.62 bits per heavy atom. The number of carboxylic acids is 2. The van der Waals surface area contributed by atoms with E-state index in [1.165, 1.54) is 19.6 Å². The molecular weight excluding hydrogens is 599 g/mol. The first-order valence-corrected chi connectivity index (χ1v) is 11.6. The lowest BCUT2D eigenvalue weighted by molar-refractivity contribution is -0.193. The Morgan fingerprint density at radius 3 is 2.10 bits per heavy atom. The zero-order chi connectivity index (χ0) is 31.9. The number of aromatic nitrogens is 3. The predicted octanol–water partition coefficient (Wildman–Crippen LogP) is 3.50. The molecule has 0 spiro atoms. The third-order valence-corrected chi connectivity index (χ3v) is 5.59. The van der Waals surface area contributed by atoms with E-state index in [0.717, 1.165) is 42.7 Å². The molecule has 0 bridgehead atoms. The first kappa shape index (κ1) is 34.1. The van der Waals surface area contributed by atoms with E-state index in [0.29, 0.717) is 25.2 Å². The highest BCUT2D eigenvalue weighted by Gasteiger charge is 2.39. The summed E-state index contributed by atoms with van der Waals surface area (Å²) >= 11 is 0. The number of nitrogens with zero attached hydrogens (tertiary/aromatic N) is 4. The molecule has 0 aliphatic carbocycles. The number of hydrogen-bond donors (Lipinski definition) is 4. The Kier molecular flexibility index (Phi) is 11.1. The molecule has 1 atom stereocenters. The Labute approximate surface area is 230 Å². The van der Waals surface area contributed by atoms with E-state index in [9.17, 15) is 39.5 Å². The van der Waals surface area contributed by atoms with Crippen LogP contribution in [0, 0.1) is 0 Å². The van der Waals surface area contributed by atoms with Crippen molar-refractivity contribution in [1.29, 1.82) is 0 Å². The number of halogens is 9. The highest BCUT2D eigenvalue weighted by molar-refractivity contribution is 5.73. The summed E-state index contributed by atoms with van der Waals surface area (Å²) in [5.41, 5.74) is 1.37. The van der Waals surface area contributed by atoms with Crippen LogP contribution in [0.1, 0.15) is 23.2 Å². The number of fused-ring (bicyclic) bond motifs is 1. The molecule has 2 aliphatic heterocycles. The number of anilines is 2. The smallest absolute Gasteiger partial charge is 0.481 e. The highest BCUT2D eigenvalue weighted by Crippen LogP contribution is 2.38. The molecule has 0 radical (unpaired) electrons. The number of ether oxygens (including phenoxy) is 1. The molecule has 20 heteroatoms. The van der Waals surface area contributed by atoms with Gasteiger partial charge in [-0.15, -0.1) is 0 Å². The number of rotatable bonds is 4. The van der Waals surface area contributed by atoms with Gasteiger partial charge in [0, 0.05) is 37.7 Å². The second kappa shape index (κ2) is 13.7. The van der Waals surface area contributed by atoms with Crippen molar-refractivity contribution in [3.8, 4) is 5.88 Å². The van der Waals surface area contributed by atoms with E-state index in [4.69, 9.17) is 24.5 Å². The van der Waals surface area contributed by atoms with Gasteiger partial charge in [-0.25, -0.2) is 24.5 Å². The minimum atomic E-state index is -5.08. The zero-order valence-electron chi connectivity index (χ0n) is 21.4. The van der Waals surface area contributed by atoms with Crippen molar-refractivity contribution in [2.24, 2.45) is 0 Å². The lowest BCUT2D eigenvalue weighted by atomic mass is 10.0. The van der Waals surface area contributed by atoms with Crippen molar-refractivity contribution in [2.75, 3.05) is 37.0 Å². The SMILES string of the molecule is COc1ncc(N2CCc3ncnc(N[C@H]4CCNC4)c3C2)cc1C(F)(F)F.O=C(O)C(F)(F)F.O=C(O)C(F)(F)F. The van der Waals surface area contributed by atoms with Crippen LogP contribution >= 0.6 is 0 Å². The lowest BCUT2D eigenvalue weighted by Crippen LogP contribution is -2.33. The molecule has 4 N–H and O–H groups in total. The standard InChI is InChI=1S/C18H21F3N6O.2C2HF3O2/c1-28-17-14(18(19,20)21)6-12(8-23-17)27-5-3-15-13(9-27)16(25-10-24-15)26-11-2-4-22-7-11;2*3-2(4,5)1(6)7/h6,8,10-11,22H,2-5,7,9H2,1H3,(H,24,25,26);2*(H,6,7)/t11-;;/m0../s1. The van der Waals surface area contributed by atoms with Crippen molar-refractivity contribution in [3.05, 3.63) is 35.4 Å². The quantitative estimate of drug-likeness (QED) is 0.371. The first-order valence-electron chi connectivity index (χ1n) is 11.6. The van der Waals surface area contributed by atoms with Gasteiger partial charge in [0.1, 0.15) is 17.7 Å². The number of pyridine rings is 1. The Bertz CT molecular complexity index is 1210. The van der Waals surface area contributed by atoms with Crippen molar-refractivity contribution in [3.63, 3.8) is 0 Å². The normalized spacial score (nSPS) is 16.7. The number of nitrogens with one attached hydrogen (secondary N) is 2. The number of carboxylic acid groups (broad SMARTS) is 2. The van der Waals surface area contributed by atoms with Crippen LogP contribution in [0.15, 0.2) is 18.6 Å². The van der Waals surface area contributed by atoms with Gasteiger partial charge in [-0.3, -0.25) is 0 Å². The van der Waals surface area contributed by atoms with Gasteiger partial charge in [0.05, 0.1) is 24.7 Å². The molecule has 1 fully saturated rings. The van der Waals surface area contributed by atoms with E-state index in [-0.39, 0.29) is 6.04 Å². The van der Waals surface area contributed by atoms with E-state index in [2.05, 4.69) is 25.6 Å². The molecule has 0 unspecified atom stereocenters. The largest absolute Gasteiger partial charge is 0.490 e. The maximum absolute atomic E-state index is 13.3. The first-order chi connectivity index (χ1) is 19.3. The molecular formula is C22H23F9N6O5. The average molecular weight is 622 g/mol. The van der Waals surface area contributed by atoms with Crippen LogP contribution in [-0.4, -0.2) is 82.2 Å². The van der Waals surface area contributed by atoms with E-state index >= 15 is 0 Å². The van der Waals surface area contributed by atoms with Gasteiger partial charge in [-0.1, -0.05) is 0 Å².